The van der Waals surface area contributed by atoms with Crippen LogP contribution < -0.4 is 0 Å². The minimum absolute atomic E-state index is 0.599. The molecular formula is C13H26N2. The Hall–Kier alpha value is -0.0800. The number of nitrogens with zero attached hydrogens (tertiary/aromatic N) is 2. The first-order valence-corrected chi connectivity index (χ1v) is 6.49. The Morgan fingerprint density at radius 3 is 2.00 bits per heavy atom. The summed E-state index contributed by atoms with van der Waals surface area (Å²) in [5, 5.41) is 0. The summed E-state index contributed by atoms with van der Waals surface area (Å²) < 4.78 is 0. The Morgan fingerprint density at radius 1 is 0.933 bits per heavy atom. The first-order chi connectivity index (χ1) is 7.07. The third-order valence-electron chi connectivity index (χ3n) is 4.36. The largest absolute Gasteiger partial charge is 0.306 e. The Bertz CT molecular complexity index is 195. The molecule has 2 aliphatic rings. The second-order valence-corrected chi connectivity index (χ2v) is 6.23. The van der Waals surface area contributed by atoms with Crippen molar-refractivity contribution in [1.29, 1.82) is 0 Å². The molecule has 0 spiro atoms. The van der Waals surface area contributed by atoms with Crippen molar-refractivity contribution in [2.75, 3.05) is 33.2 Å². The van der Waals surface area contributed by atoms with Gasteiger partial charge < -0.3 is 9.80 Å². The molecule has 0 aromatic carbocycles. The standard InChI is InChI=1S/C13H26N2/c1-13(2)6-10-15(11-7-13)12-4-8-14(3)9-5-12/h12H,4-11H2,1-3H3. The predicted octanol–water partition coefficient (Wildman–Crippen LogP) is 2.20. The number of rotatable bonds is 1. The molecule has 0 aromatic rings. The fourth-order valence-electron chi connectivity index (χ4n) is 2.85. The van der Waals surface area contributed by atoms with Crippen LogP contribution >= 0.6 is 0 Å². The van der Waals surface area contributed by atoms with Crippen LogP contribution in [0.2, 0.25) is 0 Å². The van der Waals surface area contributed by atoms with Crippen LogP contribution in [0.15, 0.2) is 0 Å². The quantitative estimate of drug-likeness (QED) is 0.655. The van der Waals surface area contributed by atoms with Crippen LogP contribution in [-0.4, -0.2) is 49.1 Å². The maximum atomic E-state index is 2.75. The summed E-state index contributed by atoms with van der Waals surface area (Å²) in [4.78, 5) is 5.21. The molecular weight excluding hydrogens is 184 g/mol. The highest BCUT2D eigenvalue weighted by Crippen LogP contribution is 2.31. The van der Waals surface area contributed by atoms with Gasteiger partial charge in [-0.1, -0.05) is 13.8 Å². The van der Waals surface area contributed by atoms with E-state index < -0.39 is 0 Å². The average Bonchev–Trinajstić information content (AvgIpc) is 2.20. The summed E-state index contributed by atoms with van der Waals surface area (Å²) in [6.07, 6.45) is 5.55. The van der Waals surface area contributed by atoms with E-state index in [1.165, 1.54) is 51.9 Å². The van der Waals surface area contributed by atoms with Gasteiger partial charge in [0.05, 0.1) is 0 Å². The zero-order valence-electron chi connectivity index (χ0n) is 10.6. The molecule has 0 saturated carbocycles. The summed E-state index contributed by atoms with van der Waals surface area (Å²) in [5.74, 6) is 0. The summed E-state index contributed by atoms with van der Waals surface area (Å²) in [6, 6.07) is 0.886. The van der Waals surface area contributed by atoms with Crippen molar-refractivity contribution in [3.63, 3.8) is 0 Å². The SMILES string of the molecule is CN1CCC(N2CCC(C)(C)CC2)CC1. The smallest absolute Gasteiger partial charge is 0.0120 e. The molecule has 0 radical (unpaired) electrons. The van der Waals surface area contributed by atoms with E-state index in [-0.39, 0.29) is 0 Å². The fourth-order valence-corrected chi connectivity index (χ4v) is 2.85. The molecule has 2 saturated heterocycles. The van der Waals surface area contributed by atoms with E-state index in [0.717, 1.165) is 6.04 Å². The Kier molecular flexibility index (Phi) is 3.36. The number of likely N-dealkylation sites (tertiary alicyclic amines) is 2. The molecule has 0 bridgehead atoms. The lowest BCUT2D eigenvalue weighted by Gasteiger charge is -2.43. The maximum absolute atomic E-state index is 2.75. The van der Waals surface area contributed by atoms with E-state index in [9.17, 15) is 0 Å². The van der Waals surface area contributed by atoms with Gasteiger partial charge in [0, 0.05) is 6.04 Å². The number of hydrogen-bond donors (Lipinski definition) is 0. The minimum atomic E-state index is 0.599. The van der Waals surface area contributed by atoms with Crippen LogP contribution in [0, 0.1) is 5.41 Å². The van der Waals surface area contributed by atoms with Gasteiger partial charge in [-0.05, 0) is 64.3 Å². The van der Waals surface area contributed by atoms with Crippen LogP contribution in [0.5, 0.6) is 0 Å². The highest BCUT2D eigenvalue weighted by Gasteiger charge is 2.30. The first-order valence-electron chi connectivity index (χ1n) is 6.49. The van der Waals surface area contributed by atoms with Gasteiger partial charge in [-0.25, -0.2) is 0 Å². The first kappa shape index (κ1) is 11.4. The van der Waals surface area contributed by atoms with Crippen LogP contribution in [-0.2, 0) is 0 Å². The Labute approximate surface area is 94.6 Å². The molecule has 2 aliphatic heterocycles. The Balaban J connectivity index is 1.80. The van der Waals surface area contributed by atoms with Gasteiger partial charge in [-0.15, -0.1) is 0 Å². The molecule has 2 nitrogen and oxygen atoms in total. The third-order valence-corrected chi connectivity index (χ3v) is 4.36. The van der Waals surface area contributed by atoms with Gasteiger partial charge in [0.25, 0.3) is 0 Å². The van der Waals surface area contributed by atoms with E-state index in [1.807, 2.05) is 0 Å². The summed E-state index contributed by atoms with van der Waals surface area (Å²) in [5.41, 5.74) is 0.599. The van der Waals surface area contributed by atoms with Gasteiger partial charge in [0.1, 0.15) is 0 Å². The molecule has 2 rings (SSSR count). The van der Waals surface area contributed by atoms with Crippen molar-refractivity contribution in [3.8, 4) is 0 Å². The van der Waals surface area contributed by atoms with Crippen molar-refractivity contribution >= 4 is 0 Å². The topological polar surface area (TPSA) is 6.48 Å². The molecule has 15 heavy (non-hydrogen) atoms. The molecule has 2 heteroatoms. The molecule has 0 atom stereocenters. The molecule has 0 N–H and O–H groups in total. The Morgan fingerprint density at radius 2 is 1.47 bits per heavy atom. The molecule has 88 valence electrons. The predicted molar refractivity (Wildman–Crippen MR) is 65.1 cm³/mol. The van der Waals surface area contributed by atoms with Crippen molar-refractivity contribution in [2.24, 2.45) is 5.41 Å². The van der Waals surface area contributed by atoms with Crippen molar-refractivity contribution in [1.82, 2.24) is 9.80 Å². The second kappa shape index (κ2) is 4.42. The van der Waals surface area contributed by atoms with Gasteiger partial charge in [-0.2, -0.15) is 0 Å². The van der Waals surface area contributed by atoms with Crippen molar-refractivity contribution < 1.29 is 0 Å². The normalized spacial score (nSPS) is 30.6. The van der Waals surface area contributed by atoms with E-state index >= 15 is 0 Å². The summed E-state index contributed by atoms with van der Waals surface area (Å²) in [6.45, 7) is 10.1. The highest BCUT2D eigenvalue weighted by molar-refractivity contribution is 4.85. The lowest BCUT2D eigenvalue weighted by Crippen LogP contribution is -2.48. The zero-order chi connectivity index (χ0) is 10.9. The third kappa shape index (κ3) is 2.94. The summed E-state index contributed by atoms with van der Waals surface area (Å²) >= 11 is 0. The van der Waals surface area contributed by atoms with E-state index in [0.29, 0.717) is 5.41 Å². The molecule has 0 amide bonds. The van der Waals surface area contributed by atoms with E-state index in [2.05, 4.69) is 30.7 Å². The highest BCUT2D eigenvalue weighted by atomic mass is 15.2. The molecule has 2 heterocycles. The second-order valence-electron chi connectivity index (χ2n) is 6.23. The van der Waals surface area contributed by atoms with Crippen LogP contribution in [0.25, 0.3) is 0 Å². The molecule has 0 aromatic heterocycles. The van der Waals surface area contributed by atoms with Gasteiger partial charge in [0.2, 0.25) is 0 Å². The summed E-state index contributed by atoms with van der Waals surface area (Å²) in [7, 11) is 2.25. The zero-order valence-corrected chi connectivity index (χ0v) is 10.6. The molecule has 0 aliphatic carbocycles. The van der Waals surface area contributed by atoms with Crippen molar-refractivity contribution in [3.05, 3.63) is 0 Å². The fraction of sp³-hybridized carbons (Fsp3) is 1.00. The van der Waals surface area contributed by atoms with Crippen molar-refractivity contribution in [2.45, 2.75) is 45.6 Å². The average molecular weight is 210 g/mol. The monoisotopic (exact) mass is 210 g/mol. The lowest BCUT2D eigenvalue weighted by molar-refractivity contribution is 0.0619. The molecule has 2 fully saturated rings. The van der Waals surface area contributed by atoms with Crippen LogP contribution in [0.1, 0.15) is 39.5 Å². The number of piperidine rings is 2. The van der Waals surface area contributed by atoms with Gasteiger partial charge >= 0.3 is 0 Å². The molecule has 0 unspecified atom stereocenters. The van der Waals surface area contributed by atoms with Crippen LogP contribution in [0.4, 0.5) is 0 Å². The minimum Gasteiger partial charge on any atom is -0.306 e. The maximum Gasteiger partial charge on any atom is 0.0120 e. The lowest BCUT2D eigenvalue weighted by atomic mass is 9.82. The number of hydrogen-bond acceptors (Lipinski definition) is 2. The van der Waals surface area contributed by atoms with E-state index in [4.69, 9.17) is 0 Å². The van der Waals surface area contributed by atoms with E-state index in [1.54, 1.807) is 0 Å². The van der Waals surface area contributed by atoms with Crippen LogP contribution in [0.3, 0.4) is 0 Å². The van der Waals surface area contributed by atoms with Gasteiger partial charge in [-0.3, -0.25) is 0 Å². The van der Waals surface area contributed by atoms with Gasteiger partial charge in [0.15, 0.2) is 0 Å².